The van der Waals surface area contributed by atoms with Crippen LogP contribution < -0.4 is 14.2 Å². The van der Waals surface area contributed by atoms with Gasteiger partial charge in [0.1, 0.15) is 24.8 Å². The Morgan fingerprint density at radius 3 is 2.93 bits per heavy atom. The first-order chi connectivity index (χ1) is 13.3. The highest BCUT2D eigenvalue weighted by molar-refractivity contribution is 5.87. The highest BCUT2D eigenvalue weighted by Crippen LogP contribution is 2.36. The van der Waals surface area contributed by atoms with Crippen LogP contribution in [-0.4, -0.2) is 41.4 Å². The maximum Gasteiger partial charge on any atom is 0.230 e. The van der Waals surface area contributed by atoms with Gasteiger partial charge in [-0.1, -0.05) is 0 Å². The maximum atomic E-state index is 6.04. The van der Waals surface area contributed by atoms with Crippen LogP contribution in [0.5, 0.6) is 23.1 Å². The summed E-state index contributed by atoms with van der Waals surface area (Å²) in [4.78, 5) is 11.8. The molecule has 0 bridgehead atoms. The molecule has 1 unspecified atom stereocenters. The van der Waals surface area contributed by atoms with Gasteiger partial charge < -0.3 is 23.9 Å². The Bertz CT molecular complexity index is 1120. The number of aromatic amines is 1. The normalized spacial score (nSPS) is 15.8. The first-order valence-electron chi connectivity index (χ1n) is 8.62. The number of epoxide rings is 1. The fraction of sp³-hybridized carbons (Fsp3) is 0.200. The van der Waals surface area contributed by atoms with E-state index in [-0.39, 0.29) is 6.10 Å². The Hall–Kier alpha value is -3.32. The molecule has 1 aliphatic heterocycles. The van der Waals surface area contributed by atoms with E-state index >= 15 is 0 Å². The molecule has 0 saturated carbocycles. The van der Waals surface area contributed by atoms with Crippen molar-refractivity contribution < 1.29 is 18.9 Å². The highest BCUT2D eigenvalue weighted by Gasteiger charge is 2.24. The zero-order valence-corrected chi connectivity index (χ0v) is 14.6. The van der Waals surface area contributed by atoms with E-state index in [1.807, 2.05) is 42.6 Å². The molecule has 0 spiro atoms. The van der Waals surface area contributed by atoms with Crippen molar-refractivity contribution in [2.24, 2.45) is 0 Å². The molecule has 2 aromatic carbocycles. The number of fused-ring (bicyclic) bond motifs is 2. The quantitative estimate of drug-likeness (QED) is 0.526. The molecule has 27 heavy (non-hydrogen) atoms. The third-order valence-corrected chi connectivity index (χ3v) is 4.45. The zero-order valence-electron chi connectivity index (χ0n) is 14.6. The maximum absolute atomic E-state index is 6.04. The number of aromatic nitrogens is 3. The van der Waals surface area contributed by atoms with Gasteiger partial charge in [-0.3, -0.25) is 0 Å². The summed E-state index contributed by atoms with van der Waals surface area (Å²) in [7, 11) is 1.60. The van der Waals surface area contributed by atoms with E-state index in [2.05, 4.69) is 15.0 Å². The molecule has 5 rings (SSSR count). The number of methoxy groups -OCH3 is 1. The molecule has 7 nitrogen and oxygen atoms in total. The van der Waals surface area contributed by atoms with Gasteiger partial charge in [0, 0.05) is 23.2 Å². The molecule has 136 valence electrons. The lowest BCUT2D eigenvalue weighted by molar-refractivity contribution is 0.252. The minimum Gasteiger partial charge on any atom is -0.493 e. The van der Waals surface area contributed by atoms with Crippen LogP contribution in [0.1, 0.15) is 0 Å². The Morgan fingerprint density at radius 1 is 1.15 bits per heavy atom. The van der Waals surface area contributed by atoms with Gasteiger partial charge in [-0.2, -0.15) is 0 Å². The average molecular weight is 363 g/mol. The molecule has 1 atom stereocenters. The summed E-state index contributed by atoms with van der Waals surface area (Å²) in [5, 5.41) is 1.82. The van der Waals surface area contributed by atoms with Crippen molar-refractivity contribution in [1.82, 2.24) is 15.0 Å². The van der Waals surface area contributed by atoms with Crippen LogP contribution in [0, 0.1) is 0 Å². The molecule has 4 aromatic rings. The summed E-state index contributed by atoms with van der Waals surface area (Å²) >= 11 is 0. The minimum atomic E-state index is 0.165. The lowest BCUT2D eigenvalue weighted by Crippen LogP contribution is -2.05. The number of nitrogens with zero attached hydrogens (tertiary/aromatic N) is 2. The number of H-pyrrole nitrogens is 1. The number of hydrogen-bond donors (Lipinski definition) is 1. The predicted octanol–water partition coefficient (Wildman–Crippen LogP) is 3.69. The van der Waals surface area contributed by atoms with Crippen molar-refractivity contribution in [3.8, 4) is 23.1 Å². The second-order valence-electron chi connectivity index (χ2n) is 6.29. The van der Waals surface area contributed by atoms with Gasteiger partial charge in [-0.25, -0.2) is 9.97 Å². The van der Waals surface area contributed by atoms with Crippen molar-refractivity contribution in [2.75, 3.05) is 20.3 Å². The molecule has 1 N–H and O–H groups in total. The summed E-state index contributed by atoms with van der Waals surface area (Å²) in [6.07, 6.45) is 3.54. The first kappa shape index (κ1) is 15.9. The standard InChI is InChI=1S/C20H17N3O4/c1-24-18-7-15-17(8-19(18)26-10-14-9-25-14)22-11-23-20(15)27-13-2-3-16-12(6-13)4-5-21-16/h2-8,11,14,21H,9-10H2,1H3. The van der Waals surface area contributed by atoms with E-state index in [0.717, 1.165) is 28.4 Å². The molecule has 1 aliphatic rings. The number of hydrogen-bond acceptors (Lipinski definition) is 6. The van der Waals surface area contributed by atoms with Crippen LogP contribution in [0.2, 0.25) is 0 Å². The molecule has 2 aromatic heterocycles. The number of nitrogens with one attached hydrogen (secondary N) is 1. The lowest BCUT2D eigenvalue weighted by Gasteiger charge is -2.13. The van der Waals surface area contributed by atoms with E-state index in [1.54, 1.807) is 7.11 Å². The SMILES string of the molecule is COc1cc2c(Oc3ccc4[nH]ccc4c3)ncnc2cc1OCC1CO1. The summed E-state index contributed by atoms with van der Waals surface area (Å²) in [6.45, 7) is 1.23. The second-order valence-corrected chi connectivity index (χ2v) is 6.29. The van der Waals surface area contributed by atoms with Crippen molar-refractivity contribution >= 4 is 21.8 Å². The fourth-order valence-corrected chi connectivity index (χ4v) is 2.95. The van der Waals surface area contributed by atoms with Crippen molar-refractivity contribution in [1.29, 1.82) is 0 Å². The molecule has 1 saturated heterocycles. The van der Waals surface area contributed by atoms with E-state index < -0.39 is 0 Å². The smallest absolute Gasteiger partial charge is 0.230 e. The molecule has 0 radical (unpaired) electrons. The van der Waals surface area contributed by atoms with Gasteiger partial charge in [0.25, 0.3) is 0 Å². The van der Waals surface area contributed by atoms with Crippen LogP contribution in [-0.2, 0) is 4.74 Å². The second kappa shape index (κ2) is 6.44. The Kier molecular flexibility index (Phi) is 3.79. The fourth-order valence-electron chi connectivity index (χ4n) is 2.95. The summed E-state index contributed by atoms with van der Waals surface area (Å²) in [5.74, 6) is 2.39. The third-order valence-electron chi connectivity index (χ3n) is 4.45. The number of benzene rings is 2. The van der Waals surface area contributed by atoms with E-state index in [4.69, 9.17) is 18.9 Å². The molecule has 3 heterocycles. The van der Waals surface area contributed by atoms with Crippen molar-refractivity contribution in [3.05, 3.63) is 48.9 Å². The van der Waals surface area contributed by atoms with Crippen molar-refractivity contribution in [2.45, 2.75) is 6.10 Å². The van der Waals surface area contributed by atoms with Gasteiger partial charge in [0.05, 0.1) is 24.6 Å². The van der Waals surface area contributed by atoms with E-state index in [0.29, 0.717) is 29.7 Å². The predicted molar refractivity (Wildman–Crippen MR) is 99.7 cm³/mol. The Morgan fingerprint density at radius 2 is 2.07 bits per heavy atom. The zero-order chi connectivity index (χ0) is 18.2. The van der Waals surface area contributed by atoms with Gasteiger partial charge in [0.2, 0.25) is 5.88 Å². The molecular formula is C20H17N3O4. The minimum absolute atomic E-state index is 0.165. The van der Waals surface area contributed by atoms with Gasteiger partial charge in [0.15, 0.2) is 11.5 Å². The molecular weight excluding hydrogens is 346 g/mol. The molecule has 1 fully saturated rings. The van der Waals surface area contributed by atoms with Gasteiger partial charge in [-0.05, 0) is 30.3 Å². The van der Waals surface area contributed by atoms with Crippen LogP contribution in [0.25, 0.3) is 21.8 Å². The van der Waals surface area contributed by atoms with Gasteiger partial charge >= 0.3 is 0 Å². The molecule has 7 heteroatoms. The molecule has 0 amide bonds. The topological polar surface area (TPSA) is 81.8 Å². The third kappa shape index (κ3) is 3.13. The largest absolute Gasteiger partial charge is 0.493 e. The highest BCUT2D eigenvalue weighted by atomic mass is 16.6. The number of ether oxygens (including phenoxy) is 4. The Balaban J connectivity index is 1.51. The summed E-state index contributed by atoms with van der Waals surface area (Å²) < 4.78 is 22.5. The van der Waals surface area contributed by atoms with E-state index in [9.17, 15) is 0 Å². The van der Waals surface area contributed by atoms with Gasteiger partial charge in [-0.15, -0.1) is 0 Å². The monoisotopic (exact) mass is 363 g/mol. The van der Waals surface area contributed by atoms with Crippen molar-refractivity contribution in [3.63, 3.8) is 0 Å². The average Bonchev–Trinajstić information content (AvgIpc) is 3.41. The molecule has 0 aliphatic carbocycles. The van der Waals surface area contributed by atoms with Crippen LogP contribution >= 0.6 is 0 Å². The lowest BCUT2D eigenvalue weighted by atomic mass is 10.2. The van der Waals surface area contributed by atoms with E-state index in [1.165, 1.54) is 6.33 Å². The Labute approximate surface area is 154 Å². The van der Waals surface area contributed by atoms with Crippen LogP contribution in [0.3, 0.4) is 0 Å². The van der Waals surface area contributed by atoms with Crippen LogP contribution in [0.4, 0.5) is 0 Å². The summed E-state index contributed by atoms with van der Waals surface area (Å²) in [5.41, 5.74) is 1.77. The first-order valence-corrected chi connectivity index (χ1v) is 8.62. The van der Waals surface area contributed by atoms with Crippen LogP contribution in [0.15, 0.2) is 48.9 Å². The summed E-state index contributed by atoms with van der Waals surface area (Å²) in [6, 6.07) is 11.5. The number of rotatable bonds is 6.